The number of anilines is 2. The van der Waals surface area contributed by atoms with Crippen LogP contribution in [-0.2, 0) is 0 Å². The number of amides is 1. The van der Waals surface area contributed by atoms with Crippen LogP contribution in [0.2, 0.25) is 0 Å². The third-order valence-corrected chi connectivity index (χ3v) is 5.15. The van der Waals surface area contributed by atoms with E-state index in [1.165, 1.54) is 6.20 Å². The van der Waals surface area contributed by atoms with Crippen molar-refractivity contribution >= 4 is 28.9 Å². The van der Waals surface area contributed by atoms with Crippen molar-refractivity contribution in [1.82, 2.24) is 15.3 Å². The second-order valence-corrected chi connectivity index (χ2v) is 6.89. The van der Waals surface area contributed by atoms with E-state index in [0.29, 0.717) is 6.01 Å². The molecule has 0 aliphatic carbocycles. The highest BCUT2D eigenvalue weighted by molar-refractivity contribution is 7.13. The molecule has 0 saturated carbocycles. The van der Waals surface area contributed by atoms with Gasteiger partial charge in [-0.05, 0) is 24.3 Å². The predicted molar refractivity (Wildman–Crippen MR) is 102 cm³/mol. The fourth-order valence-corrected chi connectivity index (χ4v) is 3.49. The Bertz CT molecular complexity index is 869. The van der Waals surface area contributed by atoms with E-state index in [9.17, 15) is 4.79 Å². The van der Waals surface area contributed by atoms with Gasteiger partial charge in [-0.25, -0.2) is 9.97 Å². The van der Waals surface area contributed by atoms with Crippen LogP contribution in [-0.4, -0.2) is 49.1 Å². The molecule has 0 radical (unpaired) electrons. The standard InChI is InChI=1S/C18H19N5O2S/c1-22(14-4-2-13(3-5-14)16-20-8-11-26-16)17(24)15-12-21-18(25-15)23-9-6-19-7-10-23/h2-5,8,11-12,19H,6-7,9-10H2,1H3. The quantitative estimate of drug-likeness (QED) is 0.762. The molecule has 1 aromatic carbocycles. The van der Waals surface area contributed by atoms with E-state index in [4.69, 9.17) is 4.42 Å². The molecule has 1 amide bonds. The molecular weight excluding hydrogens is 350 g/mol. The first-order valence-electron chi connectivity index (χ1n) is 8.42. The van der Waals surface area contributed by atoms with Crippen LogP contribution < -0.4 is 15.1 Å². The first-order valence-corrected chi connectivity index (χ1v) is 9.30. The molecule has 0 unspecified atom stereocenters. The number of hydrogen-bond acceptors (Lipinski definition) is 7. The van der Waals surface area contributed by atoms with Gasteiger partial charge in [-0.3, -0.25) is 4.79 Å². The summed E-state index contributed by atoms with van der Waals surface area (Å²) in [6.45, 7) is 3.42. The van der Waals surface area contributed by atoms with Gasteiger partial charge in [0.1, 0.15) is 5.01 Å². The highest BCUT2D eigenvalue weighted by Gasteiger charge is 2.21. The largest absolute Gasteiger partial charge is 0.418 e. The van der Waals surface area contributed by atoms with Crippen LogP contribution in [0.15, 0.2) is 46.5 Å². The molecule has 4 rings (SSSR count). The summed E-state index contributed by atoms with van der Waals surface area (Å²) >= 11 is 1.59. The zero-order valence-corrected chi connectivity index (χ0v) is 15.2. The van der Waals surface area contributed by atoms with Crippen molar-refractivity contribution in [3.05, 3.63) is 47.8 Å². The van der Waals surface area contributed by atoms with Gasteiger partial charge in [-0.2, -0.15) is 0 Å². The van der Waals surface area contributed by atoms with Crippen molar-refractivity contribution in [3.63, 3.8) is 0 Å². The molecule has 134 valence electrons. The topological polar surface area (TPSA) is 74.5 Å². The summed E-state index contributed by atoms with van der Waals surface area (Å²) in [6, 6.07) is 8.24. The lowest BCUT2D eigenvalue weighted by Crippen LogP contribution is -2.43. The van der Waals surface area contributed by atoms with E-state index in [2.05, 4.69) is 15.3 Å². The number of hydrogen-bond donors (Lipinski definition) is 1. The Hall–Kier alpha value is -2.71. The van der Waals surface area contributed by atoms with E-state index in [1.807, 2.05) is 34.5 Å². The molecular formula is C18H19N5O2S. The first-order chi connectivity index (χ1) is 12.7. The Kier molecular flexibility index (Phi) is 4.68. The third-order valence-electron chi connectivity index (χ3n) is 4.33. The molecule has 1 aliphatic heterocycles. The summed E-state index contributed by atoms with van der Waals surface area (Å²) in [5, 5.41) is 6.18. The smallest absolute Gasteiger partial charge is 0.298 e. The Morgan fingerprint density at radius 2 is 2.00 bits per heavy atom. The molecule has 0 spiro atoms. The van der Waals surface area contributed by atoms with Gasteiger partial charge in [0.2, 0.25) is 5.76 Å². The molecule has 0 atom stereocenters. The minimum Gasteiger partial charge on any atom is -0.418 e. The molecule has 1 aliphatic rings. The number of thiazole rings is 1. The normalized spacial score (nSPS) is 14.4. The van der Waals surface area contributed by atoms with Crippen LogP contribution in [0.5, 0.6) is 0 Å². The van der Waals surface area contributed by atoms with Crippen LogP contribution in [0.25, 0.3) is 10.6 Å². The van der Waals surface area contributed by atoms with E-state index in [1.54, 1.807) is 29.5 Å². The molecule has 0 bridgehead atoms. The van der Waals surface area contributed by atoms with Crippen molar-refractivity contribution in [2.24, 2.45) is 0 Å². The van der Waals surface area contributed by atoms with Crippen molar-refractivity contribution in [2.45, 2.75) is 0 Å². The summed E-state index contributed by atoms with van der Waals surface area (Å²) in [5.41, 5.74) is 1.82. The number of carbonyl (C=O) groups excluding carboxylic acids is 1. The number of nitrogens with zero attached hydrogens (tertiary/aromatic N) is 4. The summed E-state index contributed by atoms with van der Waals surface area (Å²) in [5.74, 6) is 0.0194. The lowest BCUT2D eigenvalue weighted by atomic mass is 10.2. The molecule has 1 fully saturated rings. The van der Waals surface area contributed by atoms with Crippen LogP contribution in [0.4, 0.5) is 11.7 Å². The molecule has 1 saturated heterocycles. The van der Waals surface area contributed by atoms with Crippen LogP contribution in [0.1, 0.15) is 10.6 Å². The average Bonchev–Trinajstić information content (AvgIpc) is 3.40. The minimum absolute atomic E-state index is 0.221. The maximum atomic E-state index is 12.7. The van der Waals surface area contributed by atoms with Crippen LogP contribution >= 0.6 is 11.3 Å². The summed E-state index contributed by atoms with van der Waals surface area (Å²) < 4.78 is 5.70. The third kappa shape index (κ3) is 3.33. The highest BCUT2D eigenvalue weighted by atomic mass is 32.1. The number of benzene rings is 1. The molecule has 26 heavy (non-hydrogen) atoms. The van der Waals surface area contributed by atoms with E-state index < -0.39 is 0 Å². The molecule has 3 heterocycles. The number of nitrogens with one attached hydrogen (secondary N) is 1. The van der Waals surface area contributed by atoms with Gasteiger partial charge >= 0.3 is 0 Å². The fourth-order valence-electron chi connectivity index (χ4n) is 2.84. The van der Waals surface area contributed by atoms with Gasteiger partial charge in [0.15, 0.2) is 0 Å². The number of piperazine rings is 1. The SMILES string of the molecule is CN(C(=O)c1cnc(N2CCNCC2)o1)c1ccc(-c2nccs2)cc1. The van der Waals surface area contributed by atoms with Crippen LogP contribution in [0, 0.1) is 0 Å². The Labute approximate surface area is 155 Å². The fraction of sp³-hybridized carbons (Fsp3) is 0.278. The Morgan fingerprint density at radius 1 is 1.23 bits per heavy atom. The van der Waals surface area contributed by atoms with Gasteiger partial charge in [0.25, 0.3) is 11.9 Å². The zero-order chi connectivity index (χ0) is 17.9. The van der Waals surface area contributed by atoms with Crippen molar-refractivity contribution in [3.8, 4) is 10.6 Å². The summed E-state index contributed by atoms with van der Waals surface area (Å²) in [7, 11) is 1.73. The summed E-state index contributed by atoms with van der Waals surface area (Å²) in [4.78, 5) is 24.9. The summed E-state index contributed by atoms with van der Waals surface area (Å²) in [6.07, 6.45) is 3.28. The highest BCUT2D eigenvalue weighted by Crippen LogP contribution is 2.25. The minimum atomic E-state index is -0.221. The number of rotatable bonds is 4. The number of aromatic nitrogens is 2. The molecule has 7 nitrogen and oxygen atoms in total. The Balaban J connectivity index is 1.48. The molecule has 2 aromatic heterocycles. The van der Waals surface area contributed by atoms with Crippen molar-refractivity contribution in [1.29, 1.82) is 0 Å². The van der Waals surface area contributed by atoms with E-state index in [0.717, 1.165) is 42.4 Å². The van der Waals surface area contributed by atoms with E-state index >= 15 is 0 Å². The van der Waals surface area contributed by atoms with Crippen LogP contribution in [0.3, 0.4) is 0 Å². The van der Waals surface area contributed by atoms with Gasteiger partial charge < -0.3 is 19.5 Å². The number of oxazole rings is 1. The van der Waals surface area contributed by atoms with Crippen molar-refractivity contribution < 1.29 is 9.21 Å². The maximum Gasteiger partial charge on any atom is 0.298 e. The van der Waals surface area contributed by atoms with Gasteiger partial charge in [-0.1, -0.05) is 0 Å². The monoisotopic (exact) mass is 369 g/mol. The average molecular weight is 369 g/mol. The second-order valence-electron chi connectivity index (χ2n) is 5.99. The maximum absolute atomic E-state index is 12.7. The van der Waals surface area contributed by atoms with Gasteiger partial charge in [0.05, 0.1) is 6.20 Å². The van der Waals surface area contributed by atoms with Gasteiger partial charge in [0, 0.05) is 56.1 Å². The lowest BCUT2D eigenvalue weighted by molar-refractivity contribution is 0.0967. The molecule has 8 heteroatoms. The molecule has 3 aromatic rings. The first kappa shape index (κ1) is 16.7. The predicted octanol–water partition coefficient (Wildman–Crippen LogP) is 2.48. The number of carbonyl (C=O) groups is 1. The van der Waals surface area contributed by atoms with E-state index in [-0.39, 0.29) is 11.7 Å². The molecule has 1 N–H and O–H groups in total. The van der Waals surface area contributed by atoms with Gasteiger partial charge in [-0.15, -0.1) is 11.3 Å². The second kappa shape index (κ2) is 7.27. The Morgan fingerprint density at radius 3 is 2.69 bits per heavy atom. The van der Waals surface area contributed by atoms with Crippen molar-refractivity contribution in [2.75, 3.05) is 43.0 Å². The lowest BCUT2D eigenvalue weighted by Gasteiger charge is -2.25. The zero-order valence-electron chi connectivity index (χ0n) is 14.4.